The van der Waals surface area contributed by atoms with Crippen molar-refractivity contribution in [1.29, 1.82) is 0 Å². The molecule has 1 atom stereocenters. The minimum Gasteiger partial charge on any atom is -0.349 e. The number of thioether (sulfide) groups is 1. The molecule has 0 radical (unpaired) electrons. The average molecular weight is 307 g/mol. The molecule has 21 heavy (non-hydrogen) atoms. The molecule has 0 aromatic carbocycles. The highest BCUT2D eigenvalue weighted by Gasteiger charge is 2.35. The zero-order valence-corrected chi connectivity index (χ0v) is 13.5. The summed E-state index contributed by atoms with van der Waals surface area (Å²) < 4.78 is 0. The first-order valence-electron chi connectivity index (χ1n) is 7.17. The number of pyridine rings is 1. The Bertz CT molecular complexity index is 533. The molecule has 1 aromatic heterocycles. The van der Waals surface area contributed by atoms with E-state index in [1.54, 1.807) is 25.2 Å². The molecule has 114 valence electrons. The van der Waals surface area contributed by atoms with Crippen LogP contribution in [0, 0.1) is 0 Å². The van der Waals surface area contributed by atoms with E-state index < -0.39 is 0 Å². The van der Waals surface area contributed by atoms with E-state index in [-0.39, 0.29) is 23.5 Å². The van der Waals surface area contributed by atoms with Crippen molar-refractivity contribution in [3.63, 3.8) is 0 Å². The molecule has 0 spiro atoms. The van der Waals surface area contributed by atoms with Crippen LogP contribution >= 0.6 is 11.8 Å². The zero-order valence-electron chi connectivity index (χ0n) is 12.7. The van der Waals surface area contributed by atoms with E-state index in [4.69, 9.17) is 0 Å². The van der Waals surface area contributed by atoms with Gasteiger partial charge in [-0.15, -0.1) is 0 Å². The number of nitrogens with zero attached hydrogens (tertiary/aromatic N) is 3. The van der Waals surface area contributed by atoms with Crippen molar-refractivity contribution >= 4 is 29.3 Å². The summed E-state index contributed by atoms with van der Waals surface area (Å²) in [6, 6.07) is 3.77. The van der Waals surface area contributed by atoms with Crippen molar-refractivity contribution in [2.75, 3.05) is 25.5 Å². The maximum Gasteiger partial charge on any atom is 0.241 e. The summed E-state index contributed by atoms with van der Waals surface area (Å²) in [5, 5.41) is 0.462. The molecule has 0 N–H and O–H groups in total. The van der Waals surface area contributed by atoms with E-state index in [1.165, 1.54) is 16.7 Å². The van der Waals surface area contributed by atoms with Crippen molar-refractivity contribution in [2.45, 2.75) is 36.5 Å². The Balaban J connectivity index is 2.24. The van der Waals surface area contributed by atoms with Crippen molar-refractivity contribution in [3.8, 4) is 0 Å². The Labute approximate surface area is 129 Å². The van der Waals surface area contributed by atoms with Gasteiger partial charge in [-0.1, -0.05) is 25.1 Å². The number of hydrogen-bond acceptors (Lipinski definition) is 4. The lowest BCUT2D eigenvalue weighted by Crippen LogP contribution is -2.43. The van der Waals surface area contributed by atoms with E-state index in [0.29, 0.717) is 6.54 Å². The van der Waals surface area contributed by atoms with Crippen LogP contribution in [0.2, 0.25) is 0 Å². The van der Waals surface area contributed by atoms with Gasteiger partial charge in [0.05, 0.1) is 10.9 Å². The summed E-state index contributed by atoms with van der Waals surface area (Å²) in [6.07, 6.45) is 3.91. The molecule has 1 aliphatic heterocycles. The van der Waals surface area contributed by atoms with Crippen LogP contribution in [0.5, 0.6) is 0 Å². The van der Waals surface area contributed by atoms with Gasteiger partial charge in [0.1, 0.15) is 5.03 Å². The highest BCUT2D eigenvalue weighted by Crippen LogP contribution is 2.38. The van der Waals surface area contributed by atoms with Crippen molar-refractivity contribution in [3.05, 3.63) is 18.3 Å². The number of carbonyl (C=O) groups is 2. The van der Waals surface area contributed by atoms with Gasteiger partial charge in [-0.3, -0.25) is 9.59 Å². The van der Waals surface area contributed by atoms with E-state index in [9.17, 15) is 9.59 Å². The van der Waals surface area contributed by atoms with Crippen LogP contribution in [0.1, 0.15) is 26.2 Å². The molecule has 0 saturated carbocycles. The number of aromatic nitrogens is 1. The quantitative estimate of drug-likeness (QED) is 0.836. The molecule has 1 unspecified atom stereocenters. The molecular weight excluding hydrogens is 286 g/mol. The van der Waals surface area contributed by atoms with Crippen molar-refractivity contribution < 1.29 is 9.59 Å². The summed E-state index contributed by atoms with van der Waals surface area (Å²) in [5.74, 6) is -0.0141. The summed E-state index contributed by atoms with van der Waals surface area (Å²) in [5.41, 5.74) is 0.870. The number of anilines is 1. The molecule has 2 heterocycles. The third-order valence-corrected chi connectivity index (χ3v) is 4.62. The summed E-state index contributed by atoms with van der Waals surface area (Å²) in [6.45, 7) is 2.78. The first-order chi connectivity index (χ1) is 10.0. The molecular formula is C15H21N3O2S. The van der Waals surface area contributed by atoms with Gasteiger partial charge in [-0.25, -0.2) is 4.98 Å². The number of hydrogen-bond donors (Lipinski definition) is 0. The molecule has 1 aromatic rings. The highest BCUT2D eigenvalue weighted by atomic mass is 32.2. The minimum atomic E-state index is -0.376. The fraction of sp³-hybridized carbons (Fsp3) is 0.533. The molecule has 6 heteroatoms. The van der Waals surface area contributed by atoms with Crippen LogP contribution in [0.4, 0.5) is 5.69 Å². The molecule has 0 aliphatic carbocycles. The molecule has 0 fully saturated rings. The number of unbranched alkanes of at least 4 members (excludes halogenated alkanes) is 1. The molecule has 0 bridgehead atoms. The Kier molecular flexibility index (Phi) is 5.22. The van der Waals surface area contributed by atoms with Gasteiger partial charge in [0.15, 0.2) is 0 Å². The zero-order chi connectivity index (χ0) is 15.4. The summed E-state index contributed by atoms with van der Waals surface area (Å²) in [7, 11) is 3.42. The molecule has 2 rings (SSSR count). The summed E-state index contributed by atoms with van der Waals surface area (Å²) in [4.78, 5) is 32.2. The van der Waals surface area contributed by atoms with E-state index in [2.05, 4.69) is 11.9 Å². The second-order valence-corrected chi connectivity index (χ2v) is 6.46. The fourth-order valence-corrected chi connectivity index (χ4v) is 3.32. The first-order valence-corrected chi connectivity index (χ1v) is 8.05. The third-order valence-electron chi connectivity index (χ3n) is 3.43. The maximum atomic E-state index is 12.7. The Morgan fingerprint density at radius 1 is 1.48 bits per heavy atom. The number of fused-ring (bicyclic) bond motifs is 1. The largest absolute Gasteiger partial charge is 0.349 e. The average Bonchev–Trinajstić information content (AvgIpc) is 2.47. The molecule has 0 saturated heterocycles. The van der Waals surface area contributed by atoms with E-state index in [0.717, 1.165) is 23.6 Å². The molecule has 1 aliphatic rings. The smallest absolute Gasteiger partial charge is 0.241 e. The third kappa shape index (κ3) is 3.56. The maximum absolute atomic E-state index is 12.7. The second-order valence-electron chi connectivity index (χ2n) is 5.27. The lowest BCUT2D eigenvalue weighted by Gasteiger charge is -2.33. The molecule has 5 nitrogen and oxygen atoms in total. The lowest BCUT2D eigenvalue weighted by atomic mass is 10.2. The van der Waals surface area contributed by atoms with Crippen LogP contribution < -0.4 is 4.90 Å². The van der Waals surface area contributed by atoms with Gasteiger partial charge in [-0.05, 0) is 18.6 Å². The van der Waals surface area contributed by atoms with Gasteiger partial charge in [0, 0.05) is 33.3 Å². The Morgan fingerprint density at radius 3 is 2.90 bits per heavy atom. The van der Waals surface area contributed by atoms with Gasteiger partial charge in [0.2, 0.25) is 11.8 Å². The number of carbonyl (C=O) groups excluding carboxylic acids is 2. The van der Waals surface area contributed by atoms with Crippen LogP contribution in [-0.4, -0.2) is 47.6 Å². The standard InChI is InChI=1S/C15H21N3O2S/c1-4-5-9-18-11-7-6-8-16-14(11)21-12(15(18)20)10-13(19)17(2)3/h6-8,12H,4-5,9-10H2,1-3H3. The highest BCUT2D eigenvalue weighted by molar-refractivity contribution is 8.00. The number of rotatable bonds is 5. The van der Waals surface area contributed by atoms with Gasteiger partial charge >= 0.3 is 0 Å². The van der Waals surface area contributed by atoms with Crippen molar-refractivity contribution in [1.82, 2.24) is 9.88 Å². The topological polar surface area (TPSA) is 53.5 Å². The van der Waals surface area contributed by atoms with Crippen LogP contribution in [-0.2, 0) is 9.59 Å². The predicted molar refractivity (Wildman–Crippen MR) is 84.5 cm³/mol. The first kappa shape index (κ1) is 15.8. The fourth-order valence-electron chi connectivity index (χ4n) is 2.17. The van der Waals surface area contributed by atoms with Gasteiger partial charge in [-0.2, -0.15) is 0 Å². The van der Waals surface area contributed by atoms with Crippen LogP contribution in [0.15, 0.2) is 23.4 Å². The van der Waals surface area contributed by atoms with Crippen molar-refractivity contribution in [2.24, 2.45) is 0 Å². The van der Waals surface area contributed by atoms with Crippen LogP contribution in [0.3, 0.4) is 0 Å². The normalized spacial score (nSPS) is 17.6. The minimum absolute atomic E-state index is 0.0177. The lowest BCUT2D eigenvalue weighted by molar-refractivity contribution is -0.130. The predicted octanol–water partition coefficient (Wildman–Crippen LogP) is 2.17. The number of amides is 2. The van der Waals surface area contributed by atoms with E-state index >= 15 is 0 Å². The Hall–Kier alpha value is -1.56. The van der Waals surface area contributed by atoms with Crippen LogP contribution in [0.25, 0.3) is 0 Å². The second kappa shape index (κ2) is 6.93. The Morgan fingerprint density at radius 2 is 2.24 bits per heavy atom. The summed E-state index contributed by atoms with van der Waals surface area (Å²) >= 11 is 1.40. The molecule has 2 amide bonds. The monoisotopic (exact) mass is 307 g/mol. The SMILES string of the molecule is CCCCN1C(=O)C(CC(=O)N(C)C)Sc2ncccc21. The van der Waals surface area contributed by atoms with Gasteiger partial charge < -0.3 is 9.80 Å². The van der Waals surface area contributed by atoms with E-state index in [1.807, 2.05) is 12.1 Å². The van der Waals surface area contributed by atoms with Gasteiger partial charge in [0.25, 0.3) is 0 Å².